The molecule has 0 aromatic heterocycles. The number of amides is 1. The van der Waals surface area contributed by atoms with Crippen LogP contribution in [0.15, 0.2) is 18.2 Å². The summed E-state index contributed by atoms with van der Waals surface area (Å²) in [6.45, 7) is 10.7. The molecule has 1 saturated carbocycles. The largest absolute Gasteiger partial charge is 0.508 e. The number of hydrogen-bond acceptors (Lipinski definition) is 5. The molecule has 1 heterocycles. The van der Waals surface area contributed by atoms with Crippen LogP contribution in [0.5, 0.6) is 5.75 Å². The van der Waals surface area contributed by atoms with E-state index in [2.05, 4.69) is 35.6 Å². The number of phenols is 1. The Bertz CT molecular complexity index is 820. The second-order valence-corrected chi connectivity index (χ2v) is 10.9. The molecule has 6 nitrogen and oxygen atoms in total. The zero-order valence-corrected chi connectivity index (χ0v) is 19.0. The molecule has 1 unspecified atom stereocenters. The Morgan fingerprint density at radius 1 is 1.30 bits per heavy atom. The van der Waals surface area contributed by atoms with Crippen molar-refractivity contribution in [3.63, 3.8) is 0 Å². The van der Waals surface area contributed by atoms with Gasteiger partial charge in [0.05, 0.1) is 0 Å². The highest BCUT2D eigenvalue weighted by Gasteiger charge is 2.68. The van der Waals surface area contributed by atoms with E-state index in [1.807, 2.05) is 32.9 Å². The molecule has 1 aromatic rings. The molecule has 0 radical (unpaired) electrons. The summed E-state index contributed by atoms with van der Waals surface area (Å²) in [5, 5.41) is 16.8. The third kappa shape index (κ3) is 3.69. The Morgan fingerprint density at radius 2 is 2.03 bits per heavy atom. The number of likely N-dealkylation sites (tertiary alicyclic amines) is 1. The third-order valence-electron chi connectivity index (χ3n) is 7.28. The van der Waals surface area contributed by atoms with Gasteiger partial charge in [-0.15, -0.1) is 0 Å². The summed E-state index contributed by atoms with van der Waals surface area (Å²) in [4.78, 5) is 14.3. The van der Waals surface area contributed by atoms with Gasteiger partial charge in [-0.05, 0) is 83.3 Å². The number of carbonyl (C=O) groups is 1. The predicted octanol–water partition coefficient (Wildman–Crippen LogP) is 3.17. The van der Waals surface area contributed by atoms with E-state index >= 15 is 0 Å². The minimum atomic E-state index is -0.461. The van der Waals surface area contributed by atoms with Gasteiger partial charge in [-0.25, -0.2) is 4.79 Å². The number of nitrogens with zero attached hydrogens (tertiary/aromatic N) is 1. The number of phenolic OH excluding ortho intramolecular Hbond substituents is 1. The number of unbranched alkanes of at least 4 members (excludes halogenated alkanes) is 1. The molecule has 3 N–H and O–H groups in total. The number of hydrogen-bond donors (Lipinski definition) is 3. The monoisotopic (exact) mass is 415 g/mol. The molecule has 2 fully saturated rings. The number of rotatable bonds is 6. The van der Waals surface area contributed by atoms with Gasteiger partial charge in [-0.1, -0.05) is 13.0 Å². The minimum Gasteiger partial charge on any atom is -0.508 e. The zero-order chi connectivity index (χ0) is 21.7. The highest BCUT2D eigenvalue weighted by Crippen LogP contribution is 2.63. The summed E-state index contributed by atoms with van der Waals surface area (Å²) in [5.74, 6) is 0.366. The fraction of sp³-hybridized carbons (Fsp3) is 0.708. The first-order chi connectivity index (χ1) is 14.0. The minimum absolute atomic E-state index is 0.0382. The van der Waals surface area contributed by atoms with Gasteiger partial charge in [-0.2, -0.15) is 0 Å². The average Bonchev–Trinajstić information content (AvgIpc) is 2.78. The van der Waals surface area contributed by atoms with Gasteiger partial charge in [0.25, 0.3) is 0 Å². The highest BCUT2D eigenvalue weighted by atomic mass is 16.6. The van der Waals surface area contributed by atoms with Crippen molar-refractivity contribution in [2.75, 3.05) is 26.7 Å². The summed E-state index contributed by atoms with van der Waals surface area (Å²) >= 11 is 0. The van der Waals surface area contributed by atoms with Crippen molar-refractivity contribution in [2.24, 2.45) is 5.41 Å². The highest BCUT2D eigenvalue weighted by molar-refractivity contribution is 5.67. The molecule has 2 bridgehead atoms. The van der Waals surface area contributed by atoms with Crippen molar-refractivity contribution in [3.8, 4) is 5.75 Å². The van der Waals surface area contributed by atoms with Crippen LogP contribution in [0.1, 0.15) is 58.1 Å². The van der Waals surface area contributed by atoms with Crippen molar-refractivity contribution < 1.29 is 14.6 Å². The van der Waals surface area contributed by atoms with Crippen molar-refractivity contribution in [1.29, 1.82) is 0 Å². The number of nitrogens with one attached hydrogen (secondary N) is 2. The first kappa shape index (κ1) is 21.4. The lowest BCUT2D eigenvalue weighted by Gasteiger charge is -2.55. The Morgan fingerprint density at radius 3 is 2.73 bits per heavy atom. The molecule has 1 spiro atoms. The Balaban J connectivity index is 1.35. The number of ether oxygens (including phenoxy) is 1. The van der Waals surface area contributed by atoms with Gasteiger partial charge < -0.3 is 25.4 Å². The van der Waals surface area contributed by atoms with Crippen LogP contribution in [0.4, 0.5) is 4.79 Å². The maximum atomic E-state index is 11.8. The number of aromatic hydroxyl groups is 1. The molecule has 3 aliphatic rings. The van der Waals surface area contributed by atoms with Gasteiger partial charge in [0.2, 0.25) is 0 Å². The summed E-state index contributed by atoms with van der Waals surface area (Å²) in [6, 6.07) is 6.87. The van der Waals surface area contributed by atoms with Gasteiger partial charge in [-0.3, -0.25) is 0 Å². The third-order valence-corrected chi connectivity index (χ3v) is 7.28. The lowest BCUT2D eigenvalue weighted by Crippen LogP contribution is -2.66. The molecule has 1 aliphatic heterocycles. The number of likely N-dealkylation sites (N-methyl/N-ethyl adjacent to an activating group) is 1. The SMILES string of the molecule is CN1CC23Cc4ccc(O)cc4[C@@](C)(C2)[C@H](NCCCCNC(=O)OC(C)(C)C)[C@H]13. The number of carbonyl (C=O) groups excluding carboxylic acids is 1. The summed E-state index contributed by atoms with van der Waals surface area (Å²) < 4.78 is 5.28. The van der Waals surface area contributed by atoms with E-state index in [0.717, 1.165) is 32.4 Å². The second-order valence-electron chi connectivity index (χ2n) is 10.9. The van der Waals surface area contributed by atoms with Crippen LogP contribution in [-0.2, 0) is 16.6 Å². The Hall–Kier alpha value is -1.79. The van der Waals surface area contributed by atoms with Crippen molar-refractivity contribution in [3.05, 3.63) is 29.3 Å². The predicted molar refractivity (Wildman–Crippen MR) is 118 cm³/mol. The summed E-state index contributed by atoms with van der Waals surface area (Å²) in [7, 11) is 2.24. The fourth-order valence-electron chi connectivity index (χ4n) is 6.47. The molecular formula is C24H37N3O3. The average molecular weight is 416 g/mol. The van der Waals surface area contributed by atoms with Crippen LogP contribution in [0.3, 0.4) is 0 Å². The van der Waals surface area contributed by atoms with Gasteiger partial charge in [0.15, 0.2) is 0 Å². The van der Waals surface area contributed by atoms with Crippen molar-refractivity contribution >= 4 is 6.09 Å². The zero-order valence-electron chi connectivity index (χ0n) is 19.0. The smallest absolute Gasteiger partial charge is 0.407 e. The van der Waals surface area contributed by atoms with Crippen LogP contribution in [0.2, 0.25) is 0 Å². The number of alkyl carbamates (subject to hydrolysis) is 1. The van der Waals surface area contributed by atoms with Gasteiger partial charge in [0.1, 0.15) is 11.4 Å². The molecule has 30 heavy (non-hydrogen) atoms. The van der Waals surface area contributed by atoms with Crippen molar-refractivity contribution in [1.82, 2.24) is 15.5 Å². The van der Waals surface area contributed by atoms with Gasteiger partial charge >= 0.3 is 6.09 Å². The van der Waals surface area contributed by atoms with E-state index in [0.29, 0.717) is 29.8 Å². The van der Waals surface area contributed by atoms with Crippen LogP contribution in [-0.4, -0.2) is 60.5 Å². The lowest BCUT2D eigenvalue weighted by molar-refractivity contribution is -0.0420. The van der Waals surface area contributed by atoms with Crippen molar-refractivity contribution in [2.45, 2.75) is 76.5 Å². The molecule has 4 rings (SSSR count). The Kier molecular flexibility index (Phi) is 5.30. The topological polar surface area (TPSA) is 73.8 Å². The van der Waals surface area contributed by atoms with Gasteiger partial charge in [0, 0.05) is 36.0 Å². The Labute approximate surface area is 180 Å². The quantitative estimate of drug-likeness (QED) is 0.623. The summed E-state index contributed by atoms with van der Waals surface area (Å²) in [5.41, 5.74) is 2.67. The van der Waals surface area contributed by atoms with Crippen LogP contribution in [0, 0.1) is 5.41 Å². The molecule has 166 valence electrons. The summed E-state index contributed by atoms with van der Waals surface area (Å²) in [6.07, 6.45) is 3.87. The first-order valence-corrected chi connectivity index (χ1v) is 11.3. The maximum absolute atomic E-state index is 11.8. The first-order valence-electron chi connectivity index (χ1n) is 11.3. The number of fused-ring (bicyclic) bond motifs is 3. The number of benzene rings is 1. The molecular weight excluding hydrogens is 378 g/mol. The fourth-order valence-corrected chi connectivity index (χ4v) is 6.47. The van der Waals surface area contributed by atoms with Crippen LogP contribution >= 0.6 is 0 Å². The van der Waals surface area contributed by atoms with Crippen LogP contribution < -0.4 is 10.6 Å². The molecule has 2 aliphatic carbocycles. The van der Waals surface area contributed by atoms with E-state index < -0.39 is 5.60 Å². The van der Waals surface area contributed by atoms with E-state index in [-0.39, 0.29) is 11.5 Å². The normalized spacial score (nSPS) is 32.2. The van der Waals surface area contributed by atoms with E-state index in [9.17, 15) is 9.90 Å². The molecule has 1 saturated heterocycles. The molecule has 4 atom stereocenters. The van der Waals surface area contributed by atoms with Crippen LogP contribution in [0.25, 0.3) is 0 Å². The standard InChI is InChI=1S/C24H37N3O3/c1-22(2,3)30-21(29)26-11-7-6-10-25-19-20-24(15-27(20)5)13-16-8-9-17(28)12-18(16)23(19,4)14-24/h8-9,12,19-20,25,28H,6-7,10-11,13-15H2,1-5H3,(H,26,29)/t19-,20+,23-,24?/m1/s1. The molecule has 1 amide bonds. The lowest BCUT2D eigenvalue weighted by atomic mass is 9.63. The van der Waals surface area contributed by atoms with E-state index in [1.165, 1.54) is 17.5 Å². The second kappa shape index (κ2) is 7.41. The molecule has 1 aromatic carbocycles. The maximum Gasteiger partial charge on any atom is 0.407 e. The van der Waals surface area contributed by atoms with E-state index in [4.69, 9.17) is 4.74 Å². The van der Waals surface area contributed by atoms with E-state index in [1.54, 1.807) is 0 Å². The molecule has 6 heteroatoms.